The maximum absolute atomic E-state index is 13.0. The summed E-state index contributed by atoms with van der Waals surface area (Å²) in [5, 5.41) is 19.3. The molecule has 0 heterocycles. The van der Waals surface area contributed by atoms with E-state index < -0.39 is 11.9 Å². The van der Waals surface area contributed by atoms with E-state index in [-0.39, 0.29) is 19.8 Å². The van der Waals surface area contributed by atoms with E-state index in [0.717, 1.165) is 5.56 Å². The van der Waals surface area contributed by atoms with Gasteiger partial charge in [-0.2, -0.15) is 0 Å². The summed E-state index contributed by atoms with van der Waals surface area (Å²) in [4.78, 5) is 13.0. The molecule has 0 aromatic heterocycles. The van der Waals surface area contributed by atoms with Crippen LogP contribution < -0.4 is 9.47 Å². The summed E-state index contributed by atoms with van der Waals surface area (Å²) in [5.74, 6) is -0.281. The lowest BCUT2D eigenvalue weighted by molar-refractivity contribution is 0.0728. The average Bonchev–Trinajstić information content (AvgIpc) is 2.77. The normalized spacial score (nSPS) is 10.8. The van der Waals surface area contributed by atoms with Crippen LogP contribution in [-0.2, 0) is 6.61 Å². The molecule has 0 amide bonds. The predicted octanol–water partition coefficient (Wildman–Crippen LogP) is 4.62. The third-order valence-corrected chi connectivity index (χ3v) is 5.82. The van der Waals surface area contributed by atoms with Crippen LogP contribution in [0, 0.1) is 6.92 Å². The van der Waals surface area contributed by atoms with Crippen LogP contribution in [0.1, 0.15) is 33.0 Å². The number of aliphatic hydroxyl groups is 2. The number of benzene rings is 3. The maximum Gasteiger partial charge on any atom is 0.347 e. The lowest BCUT2D eigenvalue weighted by Crippen LogP contribution is -2.16. The van der Waals surface area contributed by atoms with Crippen molar-refractivity contribution in [3.05, 3.63) is 93.5 Å². The number of carbonyl (C=O) groups excluding carboxylic acids is 1. The molecule has 0 fully saturated rings. The van der Waals surface area contributed by atoms with Gasteiger partial charge in [-0.05, 0) is 41.8 Å². The Morgan fingerprint density at radius 1 is 1.00 bits per heavy atom. The standard InChI is InChI=1S/C24H23BrO5/c1-16-22(24(28)30-19-10-6-3-7-11-19)21(29-15-17-8-4-2-5-9-17)12-20(23(16)25)18(13-26)14-27/h2-12,18,26-27H,13-15H2,1H3. The van der Waals surface area contributed by atoms with Crippen LogP contribution in [0.2, 0.25) is 0 Å². The number of aliphatic hydroxyl groups excluding tert-OH is 2. The summed E-state index contributed by atoms with van der Waals surface area (Å²) in [5.41, 5.74) is 2.52. The molecule has 3 rings (SSSR count). The van der Waals surface area contributed by atoms with Gasteiger partial charge in [-0.15, -0.1) is 0 Å². The van der Waals surface area contributed by atoms with E-state index in [1.54, 1.807) is 37.3 Å². The van der Waals surface area contributed by atoms with Crippen LogP contribution in [0.5, 0.6) is 11.5 Å². The van der Waals surface area contributed by atoms with Crippen molar-refractivity contribution in [1.82, 2.24) is 0 Å². The number of para-hydroxylation sites is 1. The van der Waals surface area contributed by atoms with E-state index in [2.05, 4.69) is 15.9 Å². The molecule has 156 valence electrons. The van der Waals surface area contributed by atoms with Crippen LogP contribution in [-0.4, -0.2) is 29.4 Å². The highest BCUT2D eigenvalue weighted by molar-refractivity contribution is 9.10. The van der Waals surface area contributed by atoms with Crippen molar-refractivity contribution in [2.45, 2.75) is 19.4 Å². The topological polar surface area (TPSA) is 76.0 Å². The molecule has 0 unspecified atom stereocenters. The van der Waals surface area contributed by atoms with Crippen molar-refractivity contribution in [2.75, 3.05) is 13.2 Å². The van der Waals surface area contributed by atoms with Gasteiger partial charge in [-0.1, -0.05) is 64.5 Å². The number of ether oxygens (including phenoxy) is 2. The van der Waals surface area contributed by atoms with Gasteiger partial charge in [-0.3, -0.25) is 0 Å². The molecule has 30 heavy (non-hydrogen) atoms. The summed E-state index contributed by atoms with van der Waals surface area (Å²) in [6.07, 6.45) is 0. The molecule has 0 bridgehead atoms. The molecule has 0 saturated carbocycles. The van der Waals surface area contributed by atoms with Crippen LogP contribution in [0.15, 0.2) is 71.2 Å². The number of hydrogen-bond donors (Lipinski definition) is 2. The van der Waals surface area contributed by atoms with Crippen molar-refractivity contribution >= 4 is 21.9 Å². The Balaban J connectivity index is 2.01. The van der Waals surface area contributed by atoms with E-state index in [1.165, 1.54) is 0 Å². The van der Waals surface area contributed by atoms with Crippen LogP contribution >= 0.6 is 15.9 Å². The number of halogens is 1. The van der Waals surface area contributed by atoms with Crippen molar-refractivity contribution in [3.8, 4) is 11.5 Å². The number of rotatable bonds is 8. The zero-order valence-corrected chi connectivity index (χ0v) is 18.1. The fourth-order valence-corrected chi connectivity index (χ4v) is 3.73. The van der Waals surface area contributed by atoms with Crippen LogP contribution in [0.3, 0.4) is 0 Å². The molecule has 6 heteroatoms. The number of carbonyl (C=O) groups is 1. The second-order valence-corrected chi connectivity index (χ2v) is 7.61. The summed E-state index contributed by atoms with van der Waals surface area (Å²) in [6.45, 7) is 1.56. The quantitative estimate of drug-likeness (QED) is 0.370. The molecular weight excluding hydrogens is 448 g/mol. The molecule has 0 atom stereocenters. The van der Waals surface area contributed by atoms with Gasteiger partial charge in [0.15, 0.2) is 0 Å². The summed E-state index contributed by atoms with van der Waals surface area (Å²) < 4.78 is 12.2. The third-order valence-electron chi connectivity index (χ3n) is 4.77. The van der Waals surface area contributed by atoms with Gasteiger partial charge >= 0.3 is 5.97 Å². The largest absolute Gasteiger partial charge is 0.488 e. The highest BCUT2D eigenvalue weighted by Gasteiger charge is 2.25. The van der Waals surface area contributed by atoms with E-state index in [1.807, 2.05) is 36.4 Å². The minimum Gasteiger partial charge on any atom is -0.488 e. The molecule has 0 aliphatic rings. The number of hydrogen-bond acceptors (Lipinski definition) is 5. The van der Waals surface area contributed by atoms with Gasteiger partial charge < -0.3 is 19.7 Å². The Bertz CT molecular complexity index is 985. The summed E-state index contributed by atoms with van der Waals surface area (Å²) >= 11 is 3.51. The molecule has 0 saturated heterocycles. The second kappa shape index (κ2) is 10.4. The van der Waals surface area contributed by atoms with Crippen molar-refractivity contribution in [1.29, 1.82) is 0 Å². The Kier molecular flexibility index (Phi) is 7.63. The summed E-state index contributed by atoms with van der Waals surface area (Å²) in [6, 6.07) is 20.1. The first-order valence-corrected chi connectivity index (χ1v) is 10.3. The first-order chi connectivity index (χ1) is 14.5. The fraction of sp³-hybridized carbons (Fsp3) is 0.208. The van der Waals surface area contributed by atoms with E-state index in [9.17, 15) is 15.0 Å². The highest BCUT2D eigenvalue weighted by Crippen LogP contribution is 2.37. The molecule has 3 aromatic rings. The van der Waals surface area contributed by atoms with Gasteiger partial charge in [0.1, 0.15) is 23.7 Å². The molecule has 5 nitrogen and oxygen atoms in total. The smallest absolute Gasteiger partial charge is 0.347 e. The predicted molar refractivity (Wildman–Crippen MR) is 118 cm³/mol. The SMILES string of the molecule is Cc1c(Br)c(C(CO)CO)cc(OCc2ccccc2)c1C(=O)Oc1ccccc1. The molecule has 0 aliphatic heterocycles. The zero-order valence-electron chi connectivity index (χ0n) is 16.5. The van der Waals surface area contributed by atoms with Gasteiger partial charge in [-0.25, -0.2) is 4.79 Å². The monoisotopic (exact) mass is 470 g/mol. The Morgan fingerprint density at radius 2 is 1.60 bits per heavy atom. The minimum absolute atomic E-state index is 0.236. The lowest BCUT2D eigenvalue weighted by Gasteiger charge is -2.21. The fourth-order valence-electron chi connectivity index (χ4n) is 3.09. The molecule has 2 N–H and O–H groups in total. The van der Waals surface area contributed by atoms with E-state index in [0.29, 0.717) is 32.7 Å². The van der Waals surface area contributed by atoms with Crippen LogP contribution in [0.25, 0.3) is 0 Å². The maximum atomic E-state index is 13.0. The van der Waals surface area contributed by atoms with Gasteiger partial charge in [0.05, 0.1) is 13.2 Å². The molecule has 3 aromatic carbocycles. The van der Waals surface area contributed by atoms with Crippen LogP contribution in [0.4, 0.5) is 0 Å². The Labute approximate surface area is 184 Å². The first kappa shape index (κ1) is 22.0. The molecule has 0 spiro atoms. The molecular formula is C24H23BrO5. The summed E-state index contributed by atoms with van der Waals surface area (Å²) in [7, 11) is 0. The lowest BCUT2D eigenvalue weighted by atomic mass is 9.95. The molecule has 0 radical (unpaired) electrons. The zero-order chi connectivity index (χ0) is 21.5. The molecule has 0 aliphatic carbocycles. The Hall–Kier alpha value is -2.67. The van der Waals surface area contributed by atoms with Gasteiger partial charge in [0.25, 0.3) is 0 Å². The van der Waals surface area contributed by atoms with Crippen molar-refractivity contribution < 1.29 is 24.5 Å². The number of esters is 1. The third kappa shape index (κ3) is 5.08. The Morgan fingerprint density at radius 3 is 2.20 bits per heavy atom. The van der Waals surface area contributed by atoms with Crippen molar-refractivity contribution in [3.63, 3.8) is 0 Å². The van der Waals surface area contributed by atoms with Gasteiger partial charge in [0.2, 0.25) is 0 Å². The highest BCUT2D eigenvalue weighted by atomic mass is 79.9. The average molecular weight is 471 g/mol. The first-order valence-electron chi connectivity index (χ1n) is 9.53. The van der Waals surface area contributed by atoms with E-state index >= 15 is 0 Å². The van der Waals surface area contributed by atoms with Gasteiger partial charge in [0, 0.05) is 10.4 Å². The second-order valence-electron chi connectivity index (χ2n) is 6.82. The minimum atomic E-state index is -0.543. The van der Waals surface area contributed by atoms with Crippen molar-refractivity contribution in [2.24, 2.45) is 0 Å². The van der Waals surface area contributed by atoms with E-state index in [4.69, 9.17) is 9.47 Å².